The molecule has 1 aliphatic heterocycles. The molecule has 0 aliphatic carbocycles. The largest absolute Gasteiger partial charge is 0.504 e. The lowest BCUT2D eigenvalue weighted by atomic mass is 9.90. The number of phenolic OH excluding ortho intramolecular Hbond substituents is 1. The number of nitriles is 1. The minimum Gasteiger partial charge on any atom is -0.504 e. The molecule has 0 amide bonds. The average Bonchev–Trinajstić information content (AvgIpc) is 2.73. The molecular weight excluding hydrogens is 371 g/mol. The molecule has 4 rings (SSSR count). The fourth-order valence-corrected chi connectivity index (χ4v) is 3.77. The number of halogens is 1. The summed E-state index contributed by atoms with van der Waals surface area (Å²) in [6.45, 7) is 0.958. The number of ether oxygens (including phenoxy) is 1. The third-order valence-electron chi connectivity index (χ3n) is 5.15. The third kappa shape index (κ3) is 3.19. The number of rotatable bonds is 3. The van der Waals surface area contributed by atoms with Gasteiger partial charge in [0, 0.05) is 30.6 Å². The van der Waals surface area contributed by atoms with Gasteiger partial charge in [0.1, 0.15) is 23.3 Å². The van der Waals surface area contributed by atoms with Crippen LogP contribution in [0.25, 0.3) is 11.1 Å². The van der Waals surface area contributed by atoms with Crippen molar-refractivity contribution in [3.8, 4) is 28.7 Å². The molecule has 0 unspecified atom stereocenters. The predicted molar refractivity (Wildman–Crippen MR) is 108 cm³/mol. The molecule has 1 aliphatic rings. The highest BCUT2D eigenvalue weighted by Gasteiger charge is 2.27. The second-order valence-corrected chi connectivity index (χ2v) is 6.79. The predicted octanol–water partition coefficient (Wildman–Crippen LogP) is 3.62. The molecule has 2 heterocycles. The summed E-state index contributed by atoms with van der Waals surface area (Å²) in [4.78, 5) is 6.35. The van der Waals surface area contributed by atoms with E-state index in [2.05, 4.69) is 11.1 Å². The maximum atomic E-state index is 14.3. The molecule has 0 bridgehead atoms. The van der Waals surface area contributed by atoms with Crippen LogP contribution in [0.4, 0.5) is 15.9 Å². The van der Waals surface area contributed by atoms with Crippen LogP contribution in [0.2, 0.25) is 0 Å². The van der Waals surface area contributed by atoms with E-state index in [-0.39, 0.29) is 22.9 Å². The molecule has 1 aromatic heterocycles. The van der Waals surface area contributed by atoms with Crippen molar-refractivity contribution in [1.29, 1.82) is 5.26 Å². The van der Waals surface area contributed by atoms with E-state index in [4.69, 9.17) is 10.5 Å². The smallest absolute Gasteiger partial charge is 0.160 e. The van der Waals surface area contributed by atoms with Crippen molar-refractivity contribution in [2.45, 2.75) is 13.0 Å². The van der Waals surface area contributed by atoms with Gasteiger partial charge in [0.15, 0.2) is 11.5 Å². The molecular formula is C22H19FN4O2. The highest BCUT2D eigenvalue weighted by atomic mass is 19.1. The number of nitrogen functional groups attached to an aromatic ring is 1. The average molecular weight is 390 g/mol. The zero-order valence-corrected chi connectivity index (χ0v) is 15.8. The number of benzene rings is 2. The molecule has 7 heteroatoms. The van der Waals surface area contributed by atoms with Gasteiger partial charge in [-0.25, -0.2) is 9.37 Å². The van der Waals surface area contributed by atoms with Crippen LogP contribution < -0.4 is 15.4 Å². The van der Waals surface area contributed by atoms with E-state index in [0.717, 1.165) is 11.3 Å². The van der Waals surface area contributed by atoms with E-state index in [9.17, 15) is 14.8 Å². The van der Waals surface area contributed by atoms with Crippen LogP contribution in [0.15, 0.2) is 42.5 Å². The Hall–Kier alpha value is -3.79. The van der Waals surface area contributed by atoms with Gasteiger partial charge in [0.25, 0.3) is 0 Å². The molecule has 2 aromatic carbocycles. The number of nitrogens with zero attached hydrogens (tertiary/aromatic N) is 3. The first kappa shape index (κ1) is 18.6. The van der Waals surface area contributed by atoms with Crippen molar-refractivity contribution in [3.63, 3.8) is 0 Å². The summed E-state index contributed by atoms with van der Waals surface area (Å²) in [6.07, 6.45) is 0.564. The summed E-state index contributed by atoms with van der Waals surface area (Å²) in [7, 11) is 1.47. The lowest BCUT2D eigenvalue weighted by molar-refractivity contribution is 0.373. The van der Waals surface area contributed by atoms with Crippen LogP contribution in [-0.4, -0.2) is 23.7 Å². The lowest BCUT2D eigenvalue weighted by Gasteiger charge is -2.32. The number of para-hydroxylation sites is 1. The van der Waals surface area contributed by atoms with E-state index in [0.29, 0.717) is 42.1 Å². The Morgan fingerprint density at radius 1 is 1.28 bits per heavy atom. The number of aromatic nitrogens is 1. The molecule has 29 heavy (non-hydrogen) atoms. The number of nitrogens with two attached hydrogens (primary N) is 1. The molecule has 3 N–H and O–H groups in total. The van der Waals surface area contributed by atoms with Gasteiger partial charge >= 0.3 is 0 Å². The number of anilines is 2. The van der Waals surface area contributed by atoms with E-state index >= 15 is 0 Å². The van der Waals surface area contributed by atoms with E-state index < -0.39 is 0 Å². The molecule has 6 nitrogen and oxygen atoms in total. The highest BCUT2D eigenvalue weighted by Crippen LogP contribution is 2.39. The van der Waals surface area contributed by atoms with Crippen LogP contribution in [0.3, 0.4) is 0 Å². The van der Waals surface area contributed by atoms with Crippen molar-refractivity contribution in [2.24, 2.45) is 0 Å². The lowest BCUT2D eigenvalue weighted by Crippen LogP contribution is -2.32. The summed E-state index contributed by atoms with van der Waals surface area (Å²) in [6, 6.07) is 13.7. The molecule has 146 valence electrons. The number of methoxy groups -OCH3 is 1. The van der Waals surface area contributed by atoms with Crippen molar-refractivity contribution in [2.75, 3.05) is 24.3 Å². The zero-order chi connectivity index (χ0) is 20.5. The van der Waals surface area contributed by atoms with Gasteiger partial charge < -0.3 is 20.5 Å². The van der Waals surface area contributed by atoms with Crippen LogP contribution in [0.1, 0.15) is 16.8 Å². The summed E-state index contributed by atoms with van der Waals surface area (Å²) >= 11 is 0. The minimum absolute atomic E-state index is 0.0419. The Bertz CT molecular complexity index is 1140. The first-order valence-electron chi connectivity index (χ1n) is 9.11. The molecule has 0 spiro atoms. The second kappa shape index (κ2) is 7.32. The number of aromatic hydroxyl groups is 1. The fourth-order valence-electron chi connectivity index (χ4n) is 3.77. The zero-order valence-electron chi connectivity index (χ0n) is 15.8. The Kier molecular flexibility index (Phi) is 4.69. The van der Waals surface area contributed by atoms with Crippen molar-refractivity contribution < 1.29 is 14.2 Å². The van der Waals surface area contributed by atoms with Crippen molar-refractivity contribution in [1.82, 2.24) is 4.98 Å². The first-order valence-corrected chi connectivity index (χ1v) is 9.11. The Labute approximate surface area is 167 Å². The van der Waals surface area contributed by atoms with E-state index in [1.165, 1.54) is 19.2 Å². The first-order chi connectivity index (χ1) is 14.0. The van der Waals surface area contributed by atoms with Crippen molar-refractivity contribution in [3.05, 3.63) is 65.1 Å². The SMILES string of the molecule is COc1ccc(-c2c(C#N)c(N)nc3c2CN(c2ccccc2F)CC3)cc1O. The fraction of sp³-hybridized carbons (Fsp3) is 0.182. The summed E-state index contributed by atoms with van der Waals surface area (Å²) in [5, 5.41) is 20.0. The standard InChI is InChI=1S/C22H19FN4O2/c1-29-20-7-6-13(10-19(20)28)21-14(11-24)22(25)26-17-8-9-27(12-15(17)21)18-5-3-2-4-16(18)23/h2-7,10,28H,8-9,12H2,1H3,(H2,25,26). The number of fused-ring (bicyclic) bond motifs is 1. The molecule has 0 saturated heterocycles. The van der Waals surface area contributed by atoms with Crippen LogP contribution in [0, 0.1) is 17.1 Å². The second-order valence-electron chi connectivity index (χ2n) is 6.79. The van der Waals surface area contributed by atoms with Crippen LogP contribution in [0.5, 0.6) is 11.5 Å². The number of hydrogen-bond acceptors (Lipinski definition) is 6. The Morgan fingerprint density at radius 2 is 2.07 bits per heavy atom. The topological polar surface area (TPSA) is 95.4 Å². The molecule has 3 aromatic rings. The Morgan fingerprint density at radius 3 is 2.76 bits per heavy atom. The van der Waals surface area contributed by atoms with Crippen molar-refractivity contribution >= 4 is 11.5 Å². The monoisotopic (exact) mass is 390 g/mol. The van der Waals surface area contributed by atoms with Gasteiger partial charge in [0.2, 0.25) is 0 Å². The molecule has 0 fully saturated rings. The Balaban J connectivity index is 1.88. The van der Waals surface area contributed by atoms with Gasteiger partial charge in [-0.1, -0.05) is 18.2 Å². The maximum Gasteiger partial charge on any atom is 0.160 e. The van der Waals surface area contributed by atoms with Gasteiger partial charge in [-0.05, 0) is 29.8 Å². The quantitative estimate of drug-likeness (QED) is 0.709. The third-order valence-corrected chi connectivity index (χ3v) is 5.15. The summed E-state index contributed by atoms with van der Waals surface area (Å²) in [5.74, 6) is 0.135. The minimum atomic E-state index is -0.302. The van der Waals surface area contributed by atoms with Crippen LogP contribution >= 0.6 is 0 Å². The highest BCUT2D eigenvalue weighted by molar-refractivity contribution is 5.81. The molecule has 0 radical (unpaired) electrons. The summed E-state index contributed by atoms with van der Waals surface area (Å²) < 4.78 is 19.5. The van der Waals surface area contributed by atoms with E-state index in [1.807, 2.05) is 4.90 Å². The molecule has 0 saturated carbocycles. The van der Waals surface area contributed by atoms with E-state index in [1.54, 1.807) is 30.3 Å². The summed E-state index contributed by atoms with van der Waals surface area (Å²) in [5.41, 5.74) is 9.61. The number of hydrogen-bond donors (Lipinski definition) is 2. The van der Waals surface area contributed by atoms with Gasteiger partial charge in [-0.2, -0.15) is 5.26 Å². The van der Waals surface area contributed by atoms with Gasteiger partial charge in [-0.3, -0.25) is 0 Å². The maximum absolute atomic E-state index is 14.3. The molecule has 0 atom stereocenters. The van der Waals surface area contributed by atoms with Gasteiger partial charge in [-0.15, -0.1) is 0 Å². The number of phenols is 1. The van der Waals surface area contributed by atoms with Gasteiger partial charge in [0.05, 0.1) is 18.5 Å². The number of pyridine rings is 1. The van der Waals surface area contributed by atoms with Crippen LogP contribution in [-0.2, 0) is 13.0 Å². The normalized spacial score (nSPS) is 12.9.